The van der Waals surface area contributed by atoms with Gasteiger partial charge in [-0.25, -0.2) is 0 Å². The van der Waals surface area contributed by atoms with Gasteiger partial charge in [-0.2, -0.15) is 0 Å². The number of nitrogens with one attached hydrogen (secondary N) is 2. The lowest BCUT2D eigenvalue weighted by atomic mass is 9.87. The number of amides is 2. The Morgan fingerprint density at radius 3 is 2.23 bits per heavy atom. The summed E-state index contributed by atoms with van der Waals surface area (Å²) in [4.78, 5) is 23.8. The molecule has 7 heteroatoms. The Hall–Kier alpha value is -2.24. The predicted molar refractivity (Wildman–Crippen MR) is 103 cm³/mol. The summed E-state index contributed by atoms with van der Waals surface area (Å²) in [5.74, 6) is -0.474. The van der Waals surface area contributed by atoms with Crippen molar-refractivity contribution in [3.05, 3.63) is 63.6 Å². The van der Waals surface area contributed by atoms with E-state index in [2.05, 4.69) is 31.6 Å². The highest BCUT2D eigenvalue weighted by molar-refractivity contribution is 6.36. The number of hydrazine groups is 1. The first kappa shape index (κ1) is 20.1. The van der Waals surface area contributed by atoms with Crippen molar-refractivity contribution in [2.75, 3.05) is 6.61 Å². The highest BCUT2D eigenvalue weighted by Gasteiger charge is 2.14. The molecule has 0 aliphatic carbocycles. The van der Waals surface area contributed by atoms with Gasteiger partial charge in [0.25, 0.3) is 11.8 Å². The average molecular weight is 395 g/mol. The van der Waals surface area contributed by atoms with Crippen LogP contribution in [0.25, 0.3) is 0 Å². The predicted octanol–water partition coefficient (Wildman–Crippen LogP) is 4.13. The van der Waals surface area contributed by atoms with Gasteiger partial charge >= 0.3 is 0 Å². The van der Waals surface area contributed by atoms with Crippen LogP contribution < -0.4 is 15.6 Å². The highest BCUT2D eigenvalue weighted by atomic mass is 35.5. The van der Waals surface area contributed by atoms with E-state index in [1.54, 1.807) is 12.1 Å². The molecule has 0 atom stereocenters. The summed E-state index contributed by atoms with van der Waals surface area (Å²) in [7, 11) is 0. The molecule has 0 aliphatic heterocycles. The van der Waals surface area contributed by atoms with Gasteiger partial charge in [0.2, 0.25) is 0 Å². The second-order valence-corrected chi connectivity index (χ2v) is 7.53. The van der Waals surface area contributed by atoms with Crippen LogP contribution in [0.15, 0.2) is 42.5 Å². The lowest BCUT2D eigenvalue weighted by Gasteiger charge is -2.19. The Bertz CT molecular complexity index is 799. The lowest BCUT2D eigenvalue weighted by molar-refractivity contribution is -0.123. The molecule has 2 N–H and O–H groups in total. The highest BCUT2D eigenvalue weighted by Crippen LogP contribution is 2.24. The van der Waals surface area contributed by atoms with E-state index in [4.69, 9.17) is 27.9 Å². The fraction of sp³-hybridized carbons (Fsp3) is 0.263. The molecule has 0 radical (unpaired) electrons. The van der Waals surface area contributed by atoms with Crippen LogP contribution in [0.4, 0.5) is 0 Å². The topological polar surface area (TPSA) is 67.4 Å². The van der Waals surface area contributed by atoms with Gasteiger partial charge in [0, 0.05) is 5.02 Å². The van der Waals surface area contributed by atoms with Crippen molar-refractivity contribution in [2.24, 2.45) is 0 Å². The van der Waals surface area contributed by atoms with Gasteiger partial charge in [0.15, 0.2) is 6.61 Å². The second-order valence-electron chi connectivity index (χ2n) is 6.69. The molecule has 0 saturated carbocycles. The van der Waals surface area contributed by atoms with E-state index >= 15 is 0 Å². The molecule has 2 aromatic rings. The fourth-order valence-electron chi connectivity index (χ4n) is 2.10. The van der Waals surface area contributed by atoms with Crippen molar-refractivity contribution in [3.8, 4) is 5.75 Å². The van der Waals surface area contributed by atoms with Crippen LogP contribution in [0.3, 0.4) is 0 Å². The zero-order valence-electron chi connectivity index (χ0n) is 14.7. The lowest BCUT2D eigenvalue weighted by Crippen LogP contribution is -2.43. The van der Waals surface area contributed by atoms with Gasteiger partial charge in [-0.3, -0.25) is 20.4 Å². The van der Waals surface area contributed by atoms with E-state index in [0.29, 0.717) is 10.8 Å². The quantitative estimate of drug-likeness (QED) is 0.765. The molecule has 0 unspecified atom stereocenters. The third kappa shape index (κ3) is 5.64. The van der Waals surface area contributed by atoms with Crippen LogP contribution >= 0.6 is 23.2 Å². The molecule has 0 heterocycles. The normalized spacial score (nSPS) is 11.0. The minimum Gasteiger partial charge on any atom is -0.484 e. The molecule has 26 heavy (non-hydrogen) atoms. The monoisotopic (exact) mass is 394 g/mol. The molecule has 0 fully saturated rings. The van der Waals surface area contributed by atoms with Crippen molar-refractivity contribution >= 4 is 35.0 Å². The summed E-state index contributed by atoms with van der Waals surface area (Å²) in [5.41, 5.74) is 5.97. The first-order valence-corrected chi connectivity index (χ1v) is 8.70. The smallest absolute Gasteiger partial charge is 0.276 e. The summed E-state index contributed by atoms with van der Waals surface area (Å²) < 4.78 is 5.41. The molecule has 2 aromatic carbocycles. The summed E-state index contributed by atoms with van der Waals surface area (Å²) in [6.07, 6.45) is 0. The molecule has 0 bridgehead atoms. The van der Waals surface area contributed by atoms with Gasteiger partial charge in [0.05, 0.1) is 10.6 Å². The number of benzene rings is 2. The van der Waals surface area contributed by atoms with Gasteiger partial charge in [-0.05, 0) is 41.3 Å². The van der Waals surface area contributed by atoms with Crippen molar-refractivity contribution < 1.29 is 14.3 Å². The minimum absolute atomic E-state index is 0.0448. The summed E-state index contributed by atoms with van der Waals surface area (Å²) in [6, 6.07) is 12.0. The Morgan fingerprint density at radius 2 is 1.65 bits per heavy atom. The molecule has 0 saturated heterocycles. The molecule has 0 aliphatic rings. The molecule has 2 amide bonds. The molecule has 138 valence electrons. The third-order valence-corrected chi connectivity index (χ3v) is 4.13. The van der Waals surface area contributed by atoms with E-state index in [1.165, 1.54) is 23.8 Å². The largest absolute Gasteiger partial charge is 0.484 e. The van der Waals surface area contributed by atoms with Crippen molar-refractivity contribution in [1.82, 2.24) is 10.9 Å². The average Bonchev–Trinajstić information content (AvgIpc) is 2.57. The first-order valence-electron chi connectivity index (χ1n) is 7.94. The number of rotatable bonds is 4. The maximum Gasteiger partial charge on any atom is 0.276 e. The van der Waals surface area contributed by atoms with Crippen molar-refractivity contribution in [3.63, 3.8) is 0 Å². The Kier molecular flexibility index (Phi) is 6.51. The molecular formula is C19H20Cl2N2O3. The SMILES string of the molecule is CC(C)(C)c1ccc(OCC(=O)NNC(=O)c2ccc(Cl)cc2Cl)cc1. The van der Waals surface area contributed by atoms with Crippen LogP contribution in [0.2, 0.25) is 10.0 Å². The summed E-state index contributed by atoms with van der Waals surface area (Å²) >= 11 is 11.7. The zero-order valence-corrected chi connectivity index (χ0v) is 16.2. The van der Waals surface area contributed by atoms with E-state index in [1.807, 2.05) is 12.1 Å². The van der Waals surface area contributed by atoms with E-state index in [9.17, 15) is 9.59 Å². The van der Waals surface area contributed by atoms with E-state index in [-0.39, 0.29) is 22.6 Å². The molecule has 0 aromatic heterocycles. The number of carbonyl (C=O) groups is 2. The zero-order chi connectivity index (χ0) is 19.3. The minimum atomic E-state index is -0.547. The Morgan fingerprint density at radius 1 is 1.00 bits per heavy atom. The third-order valence-electron chi connectivity index (χ3n) is 3.58. The molecule has 2 rings (SSSR count). The van der Waals surface area contributed by atoms with Gasteiger partial charge in [-0.1, -0.05) is 56.1 Å². The number of ether oxygens (including phenoxy) is 1. The Balaban J connectivity index is 1.82. The van der Waals surface area contributed by atoms with Gasteiger partial charge in [0.1, 0.15) is 5.75 Å². The number of halogens is 2. The van der Waals surface area contributed by atoms with E-state index in [0.717, 1.165) is 0 Å². The van der Waals surface area contributed by atoms with E-state index < -0.39 is 11.8 Å². The van der Waals surface area contributed by atoms with Crippen molar-refractivity contribution in [1.29, 1.82) is 0 Å². The molecule has 5 nitrogen and oxygen atoms in total. The summed E-state index contributed by atoms with van der Waals surface area (Å²) in [5, 5.41) is 0.612. The van der Waals surface area contributed by atoms with Crippen LogP contribution in [0.5, 0.6) is 5.75 Å². The van der Waals surface area contributed by atoms with Gasteiger partial charge < -0.3 is 4.74 Å². The fourth-order valence-corrected chi connectivity index (χ4v) is 2.60. The first-order chi connectivity index (χ1) is 12.2. The van der Waals surface area contributed by atoms with Crippen LogP contribution in [-0.2, 0) is 10.2 Å². The van der Waals surface area contributed by atoms with Crippen LogP contribution in [-0.4, -0.2) is 18.4 Å². The summed E-state index contributed by atoms with van der Waals surface area (Å²) in [6.45, 7) is 6.12. The maximum absolute atomic E-state index is 12.0. The second kappa shape index (κ2) is 8.43. The van der Waals surface area contributed by atoms with Crippen molar-refractivity contribution in [2.45, 2.75) is 26.2 Å². The Labute approximate surface area is 162 Å². The van der Waals surface area contributed by atoms with Crippen LogP contribution in [0, 0.1) is 0 Å². The number of hydrogen-bond acceptors (Lipinski definition) is 3. The van der Waals surface area contributed by atoms with Crippen LogP contribution in [0.1, 0.15) is 36.7 Å². The molecule has 0 spiro atoms. The number of carbonyl (C=O) groups excluding carboxylic acids is 2. The number of hydrogen-bond donors (Lipinski definition) is 2. The maximum atomic E-state index is 12.0. The molecular weight excluding hydrogens is 375 g/mol. The van der Waals surface area contributed by atoms with Gasteiger partial charge in [-0.15, -0.1) is 0 Å². The standard InChI is InChI=1S/C19H20Cl2N2O3/c1-19(2,3)12-4-7-14(8-5-12)26-11-17(24)22-23-18(25)15-9-6-13(20)10-16(15)21/h4-10H,11H2,1-3H3,(H,22,24)(H,23,25).